The predicted molar refractivity (Wildman–Crippen MR) is 85.9 cm³/mol. The molecule has 0 spiro atoms. The molecule has 0 atom stereocenters. The Morgan fingerprint density at radius 1 is 0.850 bits per heavy atom. The summed E-state index contributed by atoms with van der Waals surface area (Å²) in [5.74, 6) is 0.00332. The molecule has 4 heteroatoms. The number of benzene rings is 1. The summed E-state index contributed by atoms with van der Waals surface area (Å²) in [5, 5.41) is 19.1. The summed E-state index contributed by atoms with van der Waals surface area (Å²) in [7, 11) is 0. The summed E-state index contributed by atoms with van der Waals surface area (Å²) in [4.78, 5) is -0.218. The minimum absolute atomic E-state index is 0.0283. The first-order valence-electron chi connectivity index (χ1n) is 7.39. The first-order valence-corrected chi connectivity index (χ1v) is 8.26. The van der Waals surface area contributed by atoms with Crippen LogP contribution in [-0.4, -0.2) is 15.0 Å². The predicted octanol–water partition coefficient (Wildman–Crippen LogP) is 5.56. The van der Waals surface area contributed by atoms with Gasteiger partial charge in [0, 0.05) is 0 Å². The van der Waals surface area contributed by atoms with Gasteiger partial charge in [-0.2, -0.15) is 0 Å². The number of para-hydroxylation sites is 1. The van der Waals surface area contributed by atoms with Gasteiger partial charge in [0.25, 0.3) is 0 Å². The zero-order chi connectivity index (χ0) is 14.8. The fraction of sp³-hybridized carbons (Fsp3) is 0.625. The zero-order valence-corrected chi connectivity index (χ0v) is 13.3. The van der Waals surface area contributed by atoms with Crippen LogP contribution < -0.4 is 0 Å². The second kappa shape index (κ2) is 10.2. The molecule has 0 heterocycles. The van der Waals surface area contributed by atoms with Gasteiger partial charge in [-0.3, -0.25) is 0 Å². The molecule has 2 N–H and O–H groups in total. The molecule has 0 saturated heterocycles. The largest absolute Gasteiger partial charge is 0.504 e. The van der Waals surface area contributed by atoms with Gasteiger partial charge in [0.05, 0.1) is 0 Å². The Bertz CT molecular complexity index is 381. The standard InChI is InChI=1S/C16H24Cl2O2/c17-15(18)12-7-5-3-1-2-4-6-9-13-10-8-11-14(19)16(13)20/h8,10-11,15,19-20H,1-7,9,12H2. The summed E-state index contributed by atoms with van der Waals surface area (Å²) < 4.78 is 0. The Morgan fingerprint density at radius 2 is 1.45 bits per heavy atom. The molecule has 0 bridgehead atoms. The molecular weight excluding hydrogens is 295 g/mol. The SMILES string of the molecule is Oc1cccc(CCCCCCCCCC(Cl)Cl)c1O. The average Bonchev–Trinajstić information content (AvgIpc) is 2.41. The van der Waals surface area contributed by atoms with E-state index in [1.54, 1.807) is 6.07 Å². The van der Waals surface area contributed by atoms with E-state index in [1.165, 1.54) is 31.7 Å². The summed E-state index contributed by atoms with van der Waals surface area (Å²) in [6.07, 6.45) is 9.90. The number of unbranched alkanes of at least 4 members (excludes halogenated alkanes) is 6. The molecule has 0 fully saturated rings. The van der Waals surface area contributed by atoms with E-state index in [0.29, 0.717) is 0 Å². The van der Waals surface area contributed by atoms with Gasteiger partial charge in [0.2, 0.25) is 0 Å². The monoisotopic (exact) mass is 318 g/mol. The van der Waals surface area contributed by atoms with Crippen molar-refractivity contribution >= 4 is 23.2 Å². The molecule has 0 saturated carbocycles. The maximum Gasteiger partial charge on any atom is 0.160 e. The second-order valence-electron chi connectivity index (χ2n) is 5.19. The molecule has 0 unspecified atom stereocenters. The lowest BCUT2D eigenvalue weighted by Crippen LogP contribution is -1.89. The maximum absolute atomic E-state index is 9.67. The third kappa shape index (κ3) is 7.25. The number of rotatable bonds is 10. The lowest BCUT2D eigenvalue weighted by Gasteiger charge is -2.06. The van der Waals surface area contributed by atoms with Crippen LogP contribution in [0.25, 0.3) is 0 Å². The van der Waals surface area contributed by atoms with Gasteiger partial charge in [0.1, 0.15) is 4.84 Å². The smallest absolute Gasteiger partial charge is 0.160 e. The van der Waals surface area contributed by atoms with Crippen LogP contribution in [0.15, 0.2) is 18.2 Å². The number of aryl methyl sites for hydroxylation is 1. The minimum Gasteiger partial charge on any atom is -0.504 e. The van der Waals surface area contributed by atoms with Crippen molar-refractivity contribution in [2.75, 3.05) is 0 Å². The van der Waals surface area contributed by atoms with E-state index in [2.05, 4.69) is 0 Å². The number of halogens is 2. The number of alkyl halides is 2. The zero-order valence-electron chi connectivity index (χ0n) is 11.8. The van der Waals surface area contributed by atoms with Crippen molar-refractivity contribution < 1.29 is 10.2 Å². The van der Waals surface area contributed by atoms with E-state index in [1.807, 2.05) is 6.07 Å². The Morgan fingerprint density at radius 3 is 2.10 bits per heavy atom. The van der Waals surface area contributed by atoms with Gasteiger partial charge in [-0.15, -0.1) is 23.2 Å². The number of hydrogen-bond donors (Lipinski definition) is 2. The van der Waals surface area contributed by atoms with Crippen molar-refractivity contribution in [3.63, 3.8) is 0 Å². The molecule has 20 heavy (non-hydrogen) atoms. The third-order valence-electron chi connectivity index (χ3n) is 3.47. The van der Waals surface area contributed by atoms with Crippen molar-refractivity contribution in [1.82, 2.24) is 0 Å². The van der Waals surface area contributed by atoms with E-state index in [-0.39, 0.29) is 16.3 Å². The first kappa shape index (κ1) is 17.5. The highest BCUT2D eigenvalue weighted by Crippen LogP contribution is 2.29. The Labute approximate surface area is 131 Å². The molecule has 0 aliphatic heterocycles. The lowest BCUT2D eigenvalue weighted by atomic mass is 10.0. The van der Waals surface area contributed by atoms with Crippen molar-refractivity contribution in [2.24, 2.45) is 0 Å². The van der Waals surface area contributed by atoms with Gasteiger partial charge in [-0.1, -0.05) is 50.7 Å². The lowest BCUT2D eigenvalue weighted by molar-refractivity contribution is 0.398. The molecule has 0 aromatic heterocycles. The van der Waals surface area contributed by atoms with Crippen LogP contribution in [0.2, 0.25) is 0 Å². The molecule has 114 valence electrons. The molecule has 0 aliphatic carbocycles. The van der Waals surface area contributed by atoms with Crippen molar-refractivity contribution in [3.8, 4) is 11.5 Å². The molecule has 2 nitrogen and oxygen atoms in total. The molecule has 1 aromatic carbocycles. The van der Waals surface area contributed by atoms with Crippen LogP contribution in [0.5, 0.6) is 11.5 Å². The van der Waals surface area contributed by atoms with E-state index in [9.17, 15) is 10.2 Å². The van der Waals surface area contributed by atoms with Gasteiger partial charge >= 0.3 is 0 Å². The van der Waals surface area contributed by atoms with Crippen LogP contribution in [0.4, 0.5) is 0 Å². The van der Waals surface area contributed by atoms with E-state index in [0.717, 1.165) is 37.7 Å². The second-order valence-corrected chi connectivity index (χ2v) is 6.47. The van der Waals surface area contributed by atoms with Crippen molar-refractivity contribution in [2.45, 2.75) is 62.6 Å². The Kier molecular flexibility index (Phi) is 8.88. The summed E-state index contributed by atoms with van der Waals surface area (Å²) in [6, 6.07) is 5.14. The van der Waals surface area contributed by atoms with Gasteiger partial charge in [-0.25, -0.2) is 0 Å². The van der Waals surface area contributed by atoms with Gasteiger partial charge < -0.3 is 10.2 Å². The average molecular weight is 319 g/mol. The van der Waals surface area contributed by atoms with Crippen molar-refractivity contribution in [3.05, 3.63) is 23.8 Å². The first-order chi connectivity index (χ1) is 9.61. The van der Waals surface area contributed by atoms with Crippen LogP contribution in [-0.2, 0) is 6.42 Å². The third-order valence-corrected chi connectivity index (χ3v) is 3.90. The fourth-order valence-corrected chi connectivity index (χ4v) is 2.59. The summed E-state index contributed by atoms with van der Waals surface area (Å²) >= 11 is 11.3. The number of phenolic OH excluding ortho intramolecular Hbond substituents is 2. The Hall–Kier alpha value is -0.600. The highest BCUT2D eigenvalue weighted by atomic mass is 35.5. The molecular formula is C16H24Cl2O2. The maximum atomic E-state index is 9.67. The summed E-state index contributed by atoms with van der Waals surface area (Å²) in [5.41, 5.74) is 0.834. The molecule has 0 radical (unpaired) electrons. The van der Waals surface area contributed by atoms with E-state index >= 15 is 0 Å². The summed E-state index contributed by atoms with van der Waals surface area (Å²) in [6.45, 7) is 0. The molecule has 0 aliphatic rings. The topological polar surface area (TPSA) is 40.5 Å². The van der Waals surface area contributed by atoms with Gasteiger partial charge in [-0.05, 0) is 30.9 Å². The number of aromatic hydroxyl groups is 2. The quantitative estimate of drug-likeness (QED) is 0.336. The van der Waals surface area contributed by atoms with Crippen molar-refractivity contribution in [1.29, 1.82) is 0 Å². The van der Waals surface area contributed by atoms with Crippen LogP contribution in [0, 0.1) is 0 Å². The van der Waals surface area contributed by atoms with Crippen LogP contribution >= 0.6 is 23.2 Å². The van der Waals surface area contributed by atoms with E-state index < -0.39 is 0 Å². The number of phenols is 2. The van der Waals surface area contributed by atoms with Gasteiger partial charge in [0.15, 0.2) is 11.5 Å². The normalized spacial score (nSPS) is 11.2. The molecule has 1 rings (SSSR count). The molecule has 1 aromatic rings. The minimum atomic E-state index is -0.218. The fourth-order valence-electron chi connectivity index (χ4n) is 2.28. The highest BCUT2D eigenvalue weighted by molar-refractivity contribution is 6.44. The highest BCUT2D eigenvalue weighted by Gasteiger charge is 2.05. The number of hydrogen-bond acceptors (Lipinski definition) is 2. The van der Waals surface area contributed by atoms with Crippen LogP contribution in [0.3, 0.4) is 0 Å². The Balaban J connectivity index is 2.01. The van der Waals surface area contributed by atoms with E-state index in [4.69, 9.17) is 23.2 Å². The van der Waals surface area contributed by atoms with Crippen LogP contribution in [0.1, 0.15) is 56.9 Å². The molecule has 0 amide bonds.